The zero-order valence-electron chi connectivity index (χ0n) is 9.74. The summed E-state index contributed by atoms with van der Waals surface area (Å²) in [6.07, 6.45) is 4.02. The minimum absolute atomic E-state index is 0.0258. The van der Waals surface area contributed by atoms with E-state index in [1.807, 2.05) is 0 Å². The van der Waals surface area contributed by atoms with Gasteiger partial charge in [-0.2, -0.15) is 0 Å². The lowest BCUT2D eigenvalue weighted by atomic mass is 10.2. The molecule has 1 aliphatic rings. The van der Waals surface area contributed by atoms with E-state index in [0.29, 0.717) is 18.9 Å². The summed E-state index contributed by atoms with van der Waals surface area (Å²) in [6, 6.07) is 0. The van der Waals surface area contributed by atoms with Gasteiger partial charge in [-0.15, -0.1) is 0 Å². The highest BCUT2D eigenvalue weighted by Crippen LogP contribution is 2.17. The molecule has 1 saturated heterocycles. The molecule has 1 N–H and O–H groups in total. The molecule has 2 rings (SSSR count). The largest absolute Gasteiger partial charge is 0.478 e. The third kappa shape index (κ3) is 3.11. The van der Waals surface area contributed by atoms with Gasteiger partial charge in [-0.25, -0.2) is 14.8 Å². The first-order valence-corrected chi connectivity index (χ1v) is 7.04. The summed E-state index contributed by atoms with van der Waals surface area (Å²) in [5.41, 5.74) is 0.361. The fraction of sp³-hybridized carbons (Fsp3) is 0.545. The smallest absolute Gasteiger partial charge is 0.339 e. The third-order valence-electron chi connectivity index (χ3n) is 2.84. The van der Waals surface area contributed by atoms with Crippen molar-refractivity contribution in [3.63, 3.8) is 0 Å². The van der Waals surface area contributed by atoms with Crippen molar-refractivity contribution in [2.45, 2.75) is 23.8 Å². The van der Waals surface area contributed by atoms with Crippen LogP contribution in [0.15, 0.2) is 12.5 Å². The van der Waals surface area contributed by atoms with Crippen LogP contribution in [-0.2, 0) is 21.3 Å². The summed E-state index contributed by atoms with van der Waals surface area (Å²) in [5.74, 6) is -0.927. The number of carboxylic acids is 1. The number of aromatic carboxylic acids is 1. The second-order valence-electron chi connectivity index (χ2n) is 4.03. The molecule has 1 atom stereocenters. The van der Waals surface area contributed by atoms with E-state index in [1.54, 1.807) is 0 Å². The van der Waals surface area contributed by atoms with Gasteiger partial charge in [0.2, 0.25) is 0 Å². The molecular formula is C11H14N2O4S. The lowest BCUT2D eigenvalue weighted by molar-refractivity contribution is 0.0695. The Bertz CT molecular complexity index is 460. The first-order chi connectivity index (χ1) is 8.68. The average Bonchev–Trinajstić information content (AvgIpc) is 2.40. The highest BCUT2D eigenvalue weighted by molar-refractivity contribution is 7.84. The molecule has 1 unspecified atom stereocenters. The van der Waals surface area contributed by atoms with Crippen LogP contribution >= 0.6 is 0 Å². The van der Waals surface area contributed by atoms with Gasteiger partial charge in [0.05, 0.1) is 11.4 Å². The molecule has 7 heteroatoms. The monoisotopic (exact) mass is 270 g/mol. The van der Waals surface area contributed by atoms with Gasteiger partial charge in [0.25, 0.3) is 0 Å². The van der Waals surface area contributed by atoms with Crippen LogP contribution in [0, 0.1) is 0 Å². The van der Waals surface area contributed by atoms with Gasteiger partial charge in [-0.05, 0) is 12.8 Å². The van der Waals surface area contributed by atoms with Crippen molar-refractivity contribution in [3.8, 4) is 0 Å². The summed E-state index contributed by atoms with van der Waals surface area (Å²) in [4.78, 5) is 18.6. The van der Waals surface area contributed by atoms with Crippen molar-refractivity contribution in [1.82, 2.24) is 9.97 Å². The number of ether oxygens (including phenoxy) is 1. The SMILES string of the molecule is O=C(O)c1cncnc1CS(=O)C1CCOCC1. The Hall–Kier alpha value is -1.34. The average molecular weight is 270 g/mol. The molecule has 98 valence electrons. The number of carbonyl (C=O) groups is 1. The van der Waals surface area contributed by atoms with Crippen LogP contribution in [0.1, 0.15) is 28.9 Å². The Labute approximate surface area is 107 Å². The lowest BCUT2D eigenvalue weighted by Crippen LogP contribution is -2.26. The van der Waals surface area contributed by atoms with Gasteiger partial charge in [0.15, 0.2) is 0 Å². The molecule has 2 heterocycles. The Kier molecular flexibility index (Phi) is 4.38. The zero-order valence-corrected chi connectivity index (χ0v) is 10.6. The van der Waals surface area contributed by atoms with Crippen LogP contribution in [0.4, 0.5) is 0 Å². The maximum Gasteiger partial charge on any atom is 0.339 e. The second kappa shape index (κ2) is 6.01. The first kappa shape index (κ1) is 13.1. The van der Waals surface area contributed by atoms with Crippen molar-refractivity contribution in [3.05, 3.63) is 23.8 Å². The van der Waals surface area contributed by atoms with Crippen LogP contribution in [0.5, 0.6) is 0 Å². The standard InChI is InChI=1S/C11H14N2O4S/c14-11(15)9-5-12-7-13-10(9)6-18(16)8-1-3-17-4-2-8/h5,7-8H,1-4,6H2,(H,14,15). The zero-order chi connectivity index (χ0) is 13.0. The fourth-order valence-electron chi connectivity index (χ4n) is 1.84. The number of hydrogen-bond donors (Lipinski definition) is 1. The van der Waals surface area contributed by atoms with E-state index in [-0.39, 0.29) is 16.6 Å². The molecule has 0 aliphatic carbocycles. The van der Waals surface area contributed by atoms with Crippen molar-refractivity contribution in [2.24, 2.45) is 0 Å². The van der Waals surface area contributed by atoms with E-state index >= 15 is 0 Å². The molecule has 0 spiro atoms. The molecule has 1 aliphatic heterocycles. The highest BCUT2D eigenvalue weighted by atomic mass is 32.2. The predicted octanol–water partition coefficient (Wildman–Crippen LogP) is 0.603. The summed E-state index contributed by atoms with van der Waals surface area (Å²) in [6.45, 7) is 1.23. The summed E-state index contributed by atoms with van der Waals surface area (Å²) >= 11 is 0. The number of hydrogen-bond acceptors (Lipinski definition) is 5. The molecule has 0 bridgehead atoms. The van der Waals surface area contributed by atoms with Crippen molar-refractivity contribution < 1.29 is 18.8 Å². The maximum atomic E-state index is 12.1. The lowest BCUT2D eigenvalue weighted by Gasteiger charge is -2.21. The number of rotatable bonds is 4. The Morgan fingerprint density at radius 1 is 1.50 bits per heavy atom. The van der Waals surface area contributed by atoms with Gasteiger partial charge >= 0.3 is 5.97 Å². The van der Waals surface area contributed by atoms with E-state index in [9.17, 15) is 9.00 Å². The van der Waals surface area contributed by atoms with Crippen LogP contribution in [-0.4, -0.2) is 43.7 Å². The Morgan fingerprint density at radius 2 is 2.22 bits per heavy atom. The van der Waals surface area contributed by atoms with Crippen molar-refractivity contribution in [1.29, 1.82) is 0 Å². The van der Waals surface area contributed by atoms with E-state index in [4.69, 9.17) is 9.84 Å². The fourth-order valence-corrected chi connectivity index (χ4v) is 3.29. The Morgan fingerprint density at radius 3 is 2.89 bits per heavy atom. The van der Waals surface area contributed by atoms with E-state index in [1.165, 1.54) is 12.5 Å². The van der Waals surface area contributed by atoms with E-state index in [0.717, 1.165) is 12.8 Å². The summed E-state index contributed by atoms with van der Waals surface area (Å²) < 4.78 is 17.4. The maximum absolute atomic E-state index is 12.1. The summed E-state index contributed by atoms with van der Waals surface area (Å²) in [5, 5.41) is 9.06. The normalized spacial score (nSPS) is 18.4. The van der Waals surface area contributed by atoms with Gasteiger partial charge in [0.1, 0.15) is 11.9 Å². The molecule has 0 aromatic carbocycles. The van der Waals surface area contributed by atoms with Crippen LogP contribution in [0.2, 0.25) is 0 Å². The molecule has 1 fully saturated rings. The van der Waals surface area contributed by atoms with Crippen LogP contribution in [0.25, 0.3) is 0 Å². The number of nitrogens with zero attached hydrogens (tertiary/aromatic N) is 2. The molecule has 1 aromatic heterocycles. The van der Waals surface area contributed by atoms with Crippen LogP contribution in [0.3, 0.4) is 0 Å². The van der Waals surface area contributed by atoms with Gasteiger partial charge in [-0.1, -0.05) is 0 Å². The highest BCUT2D eigenvalue weighted by Gasteiger charge is 2.22. The predicted molar refractivity (Wildman–Crippen MR) is 64.7 cm³/mol. The van der Waals surface area contributed by atoms with Gasteiger partial charge in [0, 0.05) is 35.5 Å². The molecule has 18 heavy (non-hydrogen) atoms. The molecule has 0 radical (unpaired) electrons. The van der Waals surface area contributed by atoms with E-state index in [2.05, 4.69) is 9.97 Å². The van der Waals surface area contributed by atoms with Crippen molar-refractivity contribution >= 4 is 16.8 Å². The number of carboxylic acid groups (broad SMARTS) is 1. The summed E-state index contributed by atoms with van der Waals surface area (Å²) in [7, 11) is -1.12. The number of aromatic nitrogens is 2. The quantitative estimate of drug-likeness (QED) is 0.862. The molecule has 0 saturated carbocycles. The third-order valence-corrected chi connectivity index (χ3v) is 4.62. The minimum Gasteiger partial charge on any atom is -0.478 e. The topological polar surface area (TPSA) is 89.4 Å². The molecule has 6 nitrogen and oxygen atoms in total. The van der Waals surface area contributed by atoms with Gasteiger partial charge in [-0.3, -0.25) is 4.21 Å². The molecular weight excluding hydrogens is 256 g/mol. The molecule has 1 aromatic rings. The molecule has 0 amide bonds. The van der Waals surface area contributed by atoms with Crippen LogP contribution < -0.4 is 0 Å². The minimum atomic E-state index is -1.12. The Balaban J connectivity index is 2.08. The second-order valence-corrected chi connectivity index (χ2v) is 5.74. The van der Waals surface area contributed by atoms with Crippen molar-refractivity contribution in [2.75, 3.05) is 13.2 Å². The van der Waals surface area contributed by atoms with Gasteiger partial charge < -0.3 is 9.84 Å². The van der Waals surface area contributed by atoms with E-state index < -0.39 is 16.8 Å². The first-order valence-electron chi connectivity index (χ1n) is 5.65.